The molecule has 5 aromatic rings. The van der Waals surface area contributed by atoms with Gasteiger partial charge in [-0.25, -0.2) is 15.0 Å². The van der Waals surface area contributed by atoms with Crippen LogP contribution in [-0.2, 0) is 0 Å². The number of benzene rings is 2. The molecule has 7 nitrogen and oxygen atoms in total. The number of primary amides is 1. The van der Waals surface area contributed by atoms with Crippen molar-refractivity contribution in [3.63, 3.8) is 0 Å². The number of amides is 1. The van der Waals surface area contributed by atoms with E-state index < -0.39 is 5.91 Å². The Labute approximate surface area is 175 Å². The molecule has 0 unspecified atom stereocenters. The molecule has 1 amide bonds. The highest BCUT2D eigenvalue weighted by atomic mass is 32.1. The fraction of sp³-hybridized carbons (Fsp3) is 0. The third-order valence-electron chi connectivity index (χ3n) is 4.64. The number of para-hydroxylation sites is 1. The van der Waals surface area contributed by atoms with Gasteiger partial charge in [0.25, 0.3) is 0 Å². The Morgan fingerprint density at radius 2 is 1.80 bits per heavy atom. The normalized spacial score (nSPS) is 10.9. The quantitative estimate of drug-likeness (QED) is 0.446. The van der Waals surface area contributed by atoms with Crippen LogP contribution in [-0.4, -0.2) is 25.4 Å². The molecule has 2 aromatic carbocycles. The number of anilines is 2. The summed E-state index contributed by atoms with van der Waals surface area (Å²) in [6, 6.07) is 18.7. The van der Waals surface area contributed by atoms with E-state index in [4.69, 9.17) is 15.7 Å². The lowest BCUT2D eigenvalue weighted by atomic mass is 10.1. The van der Waals surface area contributed by atoms with Gasteiger partial charge in [0.1, 0.15) is 6.33 Å². The topological polar surface area (TPSA) is 98.7 Å². The van der Waals surface area contributed by atoms with Gasteiger partial charge >= 0.3 is 0 Å². The van der Waals surface area contributed by atoms with Gasteiger partial charge in [-0.15, -0.1) is 0 Å². The molecule has 146 valence electrons. The maximum Gasteiger partial charge on any atom is 0.248 e. The van der Waals surface area contributed by atoms with E-state index in [0.717, 1.165) is 16.9 Å². The highest BCUT2D eigenvalue weighted by Crippen LogP contribution is 2.28. The van der Waals surface area contributed by atoms with Crippen LogP contribution in [0.15, 0.2) is 77.8 Å². The molecule has 0 fully saturated rings. The molecule has 0 aliphatic carbocycles. The molecule has 0 bridgehead atoms. The first-order valence-electron chi connectivity index (χ1n) is 9.19. The number of rotatable bonds is 5. The summed E-state index contributed by atoms with van der Waals surface area (Å²) in [7, 11) is 0. The van der Waals surface area contributed by atoms with E-state index in [-0.39, 0.29) is 0 Å². The fourth-order valence-corrected chi connectivity index (χ4v) is 3.77. The van der Waals surface area contributed by atoms with Gasteiger partial charge in [-0.1, -0.05) is 30.3 Å². The number of hydrogen-bond acceptors (Lipinski definition) is 6. The Kier molecular flexibility index (Phi) is 4.45. The van der Waals surface area contributed by atoms with Crippen LogP contribution < -0.4 is 11.1 Å². The van der Waals surface area contributed by atoms with Crippen molar-refractivity contribution in [1.29, 1.82) is 0 Å². The average Bonchev–Trinajstić information content (AvgIpc) is 3.44. The number of nitrogens with two attached hydrogens (primary N) is 1. The van der Waals surface area contributed by atoms with E-state index in [1.165, 1.54) is 0 Å². The lowest BCUT2D eigenvalue weighted by Crippen LogP contribution is -2.10. The van der Waals surface area contributed by atoms with Crippen LogP contribution in [0.5, 0.6) is 0 Å². The number of nitrogens with zero attached hydrogens (tertiary/aromatic N) is 4. The predicted molar refractivity (Wildman–Crippen MR) is 118 cm³/mol. The van der Waals surface area contributed by atoms with Crippen molar-refractivity contribution < 1.29 is 4.79 Å². The standard InChI is InChI=1S/C22H16N6OS/c23-19(29)14-6-8-15(9-7-14)20-26-21(25-16-4-2-1-3-5-16)18-22(27-20)28(13-24-18)17-10-11-30-12-17/h1-13H,(H2,23,29)(H,25,26,27). The Morgan fingerprint density at radius 3 is 2.50 bits per heavy atom. The molecular weight excluding hydrogens is 396 g/mol. The largest absolute Gasteiger partial charge is 0.366 e. The van der Waals surface area contributed by atoms with Crippen LogP contribution in [0, 0.1) is 0 Å². The second-order valence-electron chi connectivity index (χ2n) is 6.60. The van der Waals surface area contributed by atoms with Gasteiger partial charge in [0.2, 0.25) is 5.91 Å². The van der Waals surface area contributed by atoms with Crippen molar-refractivity contribution in [2.75, 3.05) is 5.32 Å². The maximum atomic E-state index is 11.4. The second kappa shape index (κ2) is 7.41. The van der Waals surface area contributed by atoms with Gasteiger partial charge in [0.15, 0.2) is 22.8 Å². The van der Waals surface area contributed by atoms with Crippen molar-refractivity contribution in [3.8, 4) is 17.1 Å². The fourth-order valence-electron chi connectivity index (χ4n) is 3.14. The first-order valence-corrected chi connectivity index (χ1v) is 10.1. The van der Waals surface area contributed by atoms with E-state index in [2.05, 4.69) is 10.3 Å². The minimum absolute atomic E-state index is 0.436. The molecule has 3 heterocycles. The predicted octanol–water partition coefficient (Wildman–Crippen LogP) is 4.39. The number of nitrogens with one attached hydrogen (secondary N) is 1. The molecule has 0 saturated carbocycles. The van der Waals surface area contributed by atoms with Gasteiger partial charge in [-0.2, -0.15) is 11.3 Å². The molecule has 3 aromatic heterocycles. The summed E-state index contributed by atoms with van der Waals surface area (Å²) in [5.74, 6) is 0.656. The number of carbonyl (C=O) groups excluding carboxylic acids is 1. The van der Waals surface area contributed by atoms with Crippen LogP contribution in [0.25, 0.3) is 28.2 Å². The first-order chi connectivity index (χ1) is 14.7. The summed E-state index contributed by atoms with van der Waals surface area (Å²) in [4.78, 5) is 25.5. The molecule has 0 aliphatic heterocycles. The summed E-state index contributed by atoms with van der Waals surface area (Å²) in [5.41, 5.74) is 9.81. The number of aromatic nitrogens is 4. The van der Waals surface area contributed by atoms with Gasteiger partial charge in [-0.3, -0.25) is 9.36 Å². The monoisotopic (exact) mass is 412 g/mol. The highest BCUT2D eigenvalue weighted by molar-refractivity contribution is 7.08. The molecule has 30 heavy (non-hydrogen) atoms. The Balaban J connectivity index is 1.68. The number of imidazole rings is 1. The Morgan fingerprint density at radius 1 is 1.00 bits per heavy atom. The van der Waals surface area contributed by atoms with Gasteiger partial charge < -0.3 is 11.1 Å². The Bertz CT molecular complexity index is 1330. The van der Waals surface area contributed by atoms with Crippen LogP contribution in [0.3, 0.4) is 0 Å². The summed E-state index contributed by atoms with van der Waals surface area (Å²) in [5, 5.41) is 7.39. The van der Waals surface area contributed by atoms with Crippen molar-refractivity contribution in [2.24, 2.45) is 5.73 Å². The van der Waals surface area contributed by atoms with E-state index in [1.807, 2.05) is 51.7 Å². The lowest BCUT2D eigenvalue weighted by molar-refractivity contribution is 0.100. The molecule has 0 spiro atoms. The third-order valence-corrected chi connectivity index (χ3v) is 5.32. The number of fused-ring (bicyclic) bond motifs is 1. The number of carbonyl (C=O) groups is 1. The maximum absolute atomic E-state index is 11.4. The minimum atomic E-state index is -0.472. The van der Waals surface area contributed by atoms with Gasteiger partial charge in [0.05, 0.1) is 5.69 Å². The zero-order chi connectivity index (χ0) is 20.5. The van der Waals surface area contributed by atoms with E-state index in [1.54, 1.807) is 41.9 Å². The van der Waals surface area contributed by atoms with Crippen molar-refractivity contribution >= 4 is 39.9 Å². The van der Waals surface area contributed by atoms with Gasteiger partial charge in [0, 0.05) is 22.2 Å². The molecule has 0 atom stereocenters. The van der Waals surface area contributed by atoms with Crippen molar-refractivity contribution in [2.45, 2.75) is 0 Å². The molecule has 5 rings (SSSR count). The zero-order valence-electron chi connectivity index (χ0n) is 15.7. The summed E-state index contributed by atoms with van der Waals surface area (Å²) >= 11 is 1.61. The van der Waals surface area contributed by atoms with Gasteiger partial charge in [-0.05, 0) is 35.7 Å². The van der Waals surface area contributed by atoms with Crippen LogP contribution in [0.1, 0.15) is 10.4 Å². The molecule has 0 saturated heterocycles. The number of hydrogen-bond donors (Lipinski definition) is 2. The molecular formula is C22H16N6OS. The molecule has 0 radical (unpaired) electrons. The number of thiophene rings is 1. The molecule has 8 heteroatoms. The van der Waals surface area contributed by atoms with E-state index in [0.29, 0.717) is 28.4 Å². The van der Waals surface area contributed by atoms with Crippen LogP contribution in [0.4, 0.5) is 11.5 Å². The third kappa shape index (κ3) is 3.29. The van der Waals surface area contributed by atoms with E-state index in [9.17, 15) is 4.79 Å². The average molecular weight is 412 g/mol. The molecule has 0 aliphatic rings. The van der Waals surface area contributed by atoms with Crippen molar-refractivity contribution in [3.05, 3.63) is 83.3 Å². The van der Waals surface area contributed by atoms with Crippen molar-refractivity contribution in [1.82, 2.24) is 19.5 Å². The van der Waals surface area contributed by atoms with Crippen LogP contribution >= 0.6 is 11.3 Å². The molecule has 3 N–H and O–H groups in total. The lowest BCUT2D eigenvalue weighted by Gasteiger charge is -2.10. The summed E-state index contributed by atoms with van der Waals surface area (Å²) < 4.78 is 1.94. The first kappa shape index (κ1) is 18.0. The summed E-state index contributed by atoms with van der Waals surface area (Å²) in [6.07, 6.45) is 1.75. The summed E-state index contributed by atoms with van der Waals surface area (Å²) in [6.45, 7) is 0. The zero-order valence-corrected chi connectivity index (χ0v) is 16.5. The van der Waals surface area contributed by atoms with Crippen LogP contribution in [0.2, 0.25) is 0 Å². The minimum Gasteiger partial charge on any atom is -0.366 e. The Hall–Kier alpha value is -4.04. The highest BCUT2D eigenvalue weighted by Gasteiger charge is 2.16. The second-order valence-corrected chi connectivity index (χ2v) is 7.38. The van der Waals surface area contributed by atoms with E-state index >= 15 is 0 Å². The smallest absolute Gasteiger partial charge is 0.248 e. The SMILES string of the molecule is NC(=O)c1ccc(-c2nc(Nc3ccccc3)c3ncn(-c4ccsc4)c3n2)cc1.